The Labute approximate surface area is 80.2 Å². The molecule has 0 aliphatic heterocycles. The molecule has 0 radical (unpaired) electrons. The molecule has 0 bridgehead atoms. The van der Waals surface area contributed by atoms with E-state index in [1.807, 2.05) is 0 Å². The highest BCUT2D eigenvalue weighted by molar-refractivity contribution is 6.35. The summed E-state index contributed by atoms with van der Waals surface area (Å²) in [6.45, 7) is 5.59. The number of aliphatic carboxylic acids is 1. The molecule has 1 N–H and O–H groups in total. The molecule has 0 aliphatic rings. The van der Waals surface area contributed by atoms with Crippen LogP contribution in [0.15, 0.2) is 27.1 Å². The van der Waals surface area contributed by atoms with E-state index in [2.05, 4.69) is 11.7 Å². The molecule has 72 valence electrons. The summed E-state index contributed by atoms with van der Waals surface area (Å²) in [6.07, 6.45) is 0. The van der Waals surface area contributed by atoms with Crippen LogP contribution >= 0.6 is 11.6 Å². The SMILES string of the molecule is C=N/C(C)=C(C(=O)O)\C(Cl)=C(/C)F. The lowest BCUT2D eigenvalue weighted by Gasteiger charge is -2.02. The number of hydrogen-bond donors (Lipinski definition) is 1. The molecule has 0 saturated carbocycles. The Morgan fingerprint density at radius 2 is 2.00 bits per heavy atom. The van der Waals surface area contributed by atoms with Gasteiger partial charge in [0.05, 0.1) is 10.7 Å². The van der Waals surface area contributed by atoms with Gasteiger partial charge in [0.15, 0.2) is 0 Å². The first-order valence-corrected chi connectivity index (χ1v) is 3.72. The van der Waals surface area contributed by atoms with Gasteiger partial charge in [0.2, 0.25) is 0 Å². The second-order valence-corrected chi connectivity index (χ2v) is 2.65. The number of carboxylic acid groups (broad SMARTS) is 1. The number of aliphatic imine (C=N–C) groups is 1. The van der Waals surface area contributed by atoms with Crippen molar-refractivity contribution in [2.45, 2.75) is 13.8 Å². The van der Waals surface area contributed by atoms with Gasteiger partial charge in [-0.05, 0) is 20.6 Å². The standard InChI is InChI=1S/C8H9ClFNO2/c1-4(10)7(9)6(8(12)13)5(2)11-3/h3H2,1-2H3,(H,12,13)/b6-5+,7-4-. The quantitative estimate of drug-likeness (QED) is 0.437. The monoisotopic (exact) mass is 205 g/mol. The molecule has 0 aromatic heterocycles. The molecule has 0 amide bonds. The Hall–Kier alpha value is -1.16. The number of halogens is 2. The van der Waals surface area contributed by atoms with Gasteiger partial charge in [-0.25, -0.2) is 9.18 Å². The third kappa shape index (κ3) is 2.99. The predicted octanol–water partition coefficient (Wildman–Crippen LogP) is 2.49. The highest BCUT2D eigenvalue weighted by Crippen LogP contribution is 2.23. The van der Waals surface area contributed by atoms with Crippen LogP contribution in [0.4, 0.5) is 4.39 Å². The van der Waals surface area contributed by atoms with Crippen LogP contribution < -0.4 is 0 Å². The van der Waals surface area contributed by atoms with Gasteiger partial charge >= 0.3 is 5.97 Å². The van der Waals surface area contributed by atoms with Gasteiger partial charge in [-0.1, -0.05) is 11.6 Å². The fraction of sp³-hybridized carbons (Fsp3) is 0.250. The lowest BCUT2D eigenvalue weighted by molar-refractivity contribution is -0.132. The van der Waals surface area contributed by atoms with Crippen molar-refractivity contribution in [2.75, 3.05) is 0 Å². The van der Waals surface area contributed by atoms with Crippen molar-refractivity contribution in [2.24, 2.45) is 4.99 Å². The topological polar surface area (TPSA) is 49.7 Å². The molecule has 3 nitrogen and oxygen atoms in total. The van der Waals surface area contributed by atoms with Crippen LogP contribution in [0, 0.1) is 0 Å². The van der Waals surface area contributed by atoms with Gasteiger partial charge in [0.1, 0.15) is 11.4 Å². The first kappa shape index (κ1) is 11.8. The van der Waals surface area contributed by atoms with Crippen molar-refractivity contribution >= 4 is 24.3 Å². The molecule has 0 rings (SSSR count). The average molecular weight is 206 g/mol. The summed E-state index contributed by atoms with van der Waals surface area (Å²) in [4.78, 5) is 14.0. The zero-order chi connectivity index (χ0) is 10.6. The number of hydrogen-bond acceptors (Lipinski definition) is 2. The maximum Gasteiger partial charge on any atom is 0.339 e. The lowest BCUT2D eigenvalue weighted by atomic mass is 10.2. The van der Waals surface area contributed by atoms with E-state index < -0.39 is 16.8 Å². The van der Waals surface area contributed by atoms with Crippen LogP contribution in [-0.4, -0.2) is 17.8 Å². The molecule has 0 unspecified atom stereocenters. The molecule has 5 heteroatoms. The molecule has 0 aliphatic carbocycles. The number of carboxylic acids is 1. The van der Waals surface area contributed by atoms with Gasteiger partial charge in [0.25, 0.3) is 0 Å². The van der Waals surface area contributed by atoms with E-state index in [9.17, 15) is 9.18 Å². The number of nitrogens with zero attached hydrogens (tertiary/aromatic N) is 1. The maximum atomic E-state index is 12.6. The summed E-state index contributed by atoms with van der Waals surface area (Å²) in [6, 6.07) is 0. The maximum absolute atomic E-state index is 12.6. The fourth-order valence-electron chi connectivity index (χ4n) is 0.659. The molecular weight excluding hydrogens is 197 g/mol. The Kier molecular flexibility index (Phi) is 4.34. The van der Waals surface area contributed by atoms with E-state index in [-0.39, 0.29) is 11.3 Å². The highest BCUT2D eigenvalue weighted by atomic mass is 35.5. The third-order valence-electron chi connectivity index (χ3n) is 1.33. The summed E-state index contributed by atoms with van der Waals surface area (Å²) in [5.74, 6) is -2.09. The van der Waals surface area contributed by atoms with E-state index in [0.717, 1.165) is 6.92 Å². The number of carbonyl (C=O) groups is 1. The molecule has 0 spiro atoms. The van der Waals surface area contributed by atoms with Crippen molar-refractivity contribution in [1.29, 1.82) is 0 Å². The Morgan fingerprint density at radius 3 is 2.23 bits per heavy atom. The molecule has 0 heterocycles. The van der Waals surface area contributed by atoms with Crippen molar-refractivity contribution < 1.29 is 14.3 Å². The van der Waals surface area contributed by atoms with Crippen molar-refractivity contribution in [3.8, 4) is 0 Å². The number of allylic oxidation sites excluding steroid dienone is 2. The average Bonchev–Trinajstić information content (AvgIpc) is 2.03. The first-order chi connectivity index (χ1) is 5.91. The summed E-state index contributed by atoms with van der Waals surface area (Å²) >= 11 is 5.43. The molecule has 13 heavy (non-hydrogen) atoms. The fourth-order valence-corrected chi connectivity index (χ4v) is 0.876. The molecule has 0 aromatic rings. The molecule has 0 fully saturated rings. The first-order valence-electron chi connectivity index (χ1n) is 3.35. The van der Waals surface area contributed by atoms with Crippen LogP contribution in [0.25, 0.3) is 0 Å². The van der Waals surface area contributed by atoms with Gasteiger partial charge in [0, 0.05) is 0 Å². The van der Waals surface area contributed by atoms with Crippen molar-refractivity contribution in [3.05, 3.63) is 22.1 Å². The van der Waals surface area contributed by atoms with E-state index in [1.165, 1.54) is 6.92 Å². The summed E-state index contributed by atoms with van der Waals surface area (Å²) in [5.41, 5.74) is -0.286. The summed E-state index contributed by atoms with van der Waals surface area (Å²) in [7, 11) is 0. The molecule has 0 atom stereocenters. The zero-order valence-corrected chi connectivity index (χ0v) is 8.02. The Morgan fingerprint density at radius 1 is 1.54 bits per heavy atom. The van der Waals surface area contributed by atoms with E-state index in [4.69, 9.17) is 16.7 Å². The van der Waals surface area contributed by atoms with Crippen molar-refractivity contribution in [3.63, 3.8) is 0 Å². The Bertz CT molecular complexity index is 303. The molecule has 0 aromatic carbocycles. The smallest absolute Gasteiger partial charge is 0.339 e. The van der Waals surface area contributed by atoms with Gasteiger partial charge in [-0.3, -0.25) is 4.99 Å². The second kappa shape index (κ2) is 4.77. The van der Waals surface area contributed by atoms with Gasteiger partial charge in [-0.15, -0.1) is 0 Å². The minimum absolute atomic E-state index is 0.0782. The van der Waals surface area contributed by atoms with E-state index in [0.29, 0.717) is 0 Å². The highest BCUT2D eigenvalue weighted by Gasteiger charge is 2.17. The van der Waals surface area contributed by atoms with Crippen LogP contribution in [-0.2, 0) is 4.79 Å². The summed E-state index contributed by atoms with van der Waals surface area (Å²) < 4.78 is 12.6. The normalized spacial score (nSPS) is 14.5. The summed E-state index contributed by atoms with van der Waals surface area (Å²) in [5, 5.41) is 8.22. The largest absolute Gasteiger partial charge is 0.478 e. The molecular formula is C8H9ClFNO2. The minimum Gasteiger partial charge on any atom is -0.478 e. The van der Waals surface area contributed by atoms with Crippen molar-refractivity contribution in [1.82, 2.24) is 0 Å². The van der Waals surface area contributed by atoms with Crippen LogP contribution in [0.2, 0.25) is 0 Å². The van der Waals surface area contributed by atoms with Crippen LogP contribution in [0.5, 0.6) is 0 Å². The van der Waals surface area contributed by atoms with Crippen LogP contribution in [0.1, 0.15) is 13.8 Å². The van der Waals surface area contributed by atoms with Crippen LogP contribution in [0.3, 0.4) is 0 Å². The van der Waals surface area contributed by atoms with Gasteiger partial charge in [-0.2, -0.15) is 0 Å². The Balaban J connectivity index is 5.44. The van der Waals surface area contributed by atoms with E-state index in [1.54, 1.807) is 0 Å². The van der Waals surface area contributed by atoms with E-state index >= 15 is 0 Å². The second-order valence-electron chi connectivity index (χ2n) is 2.27. The zero-order valence-electron chi connectivity index (χ0n) is 7.27. The van der Waals surface area contributed by atoms with Gasteiger partial charge < -0.3 is 5.11 Å². The number of rotatable bonds is 3. The lowest BCUT2D eigenvalue weighted by Crippen LogP contribution is -2.03. The third-order valence-corrected chi connectivity index (χ3v) is 1.78. The minimum atomic E-state index is -1.33. The molecule has 0 saturated heterocycles. The predicted molar refractivity (Wildman–Crippen MR) is 49.5 cm³/mol.